The number of furan rings is 1. The van der Waals surface area contributed by atoms with Crippen LogP contribution < -0.4 is 0 Å². The highest BCUT2D eigenvalue weighted by molar-refractivity contribution is 5.96. The van der Waals surface area contributed by atoms with Crippen molar-refractivity contribution in [3.8, 4) is 11.4 Å². The molecule has 0 saturated heterocycles. The van der Waals surface area contributed by atoms with Crippen molar-refractivity contribution < 1.29 is 4.42 Å². The van der Waals surface area contributed by atoms with Crippen LogP contribution in [-0.2, 0) is 0 Å². The molecule has 0 bridgehead atoms. The number of nitrogens with zero attached hydrogens (tertiary/aromatic N) is 5. The monoisotopic (exact) mass is 299 g/mol. The molecule has 0 amide bonds. The van der Waals surface area contributed by atoms with Gasteiger partial charge in [0.15, 0.2) is 11.0 Å². The van der Waals surface area contributed by atoms with Crippen LogP contribution in [0.1, 0.15) is 0 Å². The molecule has 0 unspecified atom stereocenters. The predicted octanol–water partition coefficient (Wildman–Crippen LogP) is 3.38. The highest BCUT2D eigenvalue weighted by Crippen LogP contribution is 2.25. The largest absolute Gasteiger partial charge is 0.416 e. The molecule has 0 aliphatic carbocycles. The van der Waals surface area contributed by atoms with Crippen molar-refractivity contribution in [2.75, 3.05) is 0 Å². The first-order valence-corrected chi connectivity index (χ1v) is 7.10. The van der Waals surface area contributed by atoms with Gasteiger partial charge in [0.2, 0.25) is 11.4 Å². The van der Waals surface area contributed by atoms with Gasteiger partial charge >= 0.3 is 0 Å². The van der Waals surface area contributed by atoms with Gasteiger partial charge in [0.05, 0.1) is 11.9 Å². The Balaban J connectivity index is 1.73. The first kappa shape index (κ1) is 12.2. The molecular formula is C17H9N5O. The number of hydrogen-bond donors (Lipinski definition) is 0. The van der Waals surface area contributed by atoms with Gasteiger partial charge in [0.25, 0.3) is 0 Å². The molecule has 0 atom stereocenters. The molecule has 0 fully saturated rings. The van der Waals surface area contributed by atoms with E-state index in [4.69, 9.17) is 4.42 Å². The Kier molecular flexibility index (Phi) is 2.40. The van der Waals surface area contributed by atoms with Crippen LogP contribution >= 0.6 is 0 Å². The Bertz CT molecular complexity index is 1180. The number of hydrogen-bond acceptors (Lipinski definition) is 6. The highest BCUT2D eigenvalue weighted by Gasteiger charge is 2.13. The number of rotatable bonds is 1. The summed E-state index contributed by atoms with van der Waals surface area (Å²) in [4.78, 5) is 21.8. The zero-order chi connectivity index (χ0) is 15.2. The number of fused-ring (bicyclic) bond motifs is 4. The van der Waals surface area contributed by atoms with Crippen molar-refractivity contribution in [2.24, 2.45) is 0 Å². The molecule has 0 N–H and O–H groups in total. The summed E-state index contributed by atoms with van der Waals surface area (Å²) in [6.45, 7) is 0. The van der Waals surface area contributed by atoms with Gasteiger partial charge in [-0.15, -0.1) is 0 Å². The van der Waals surface area contributed by atoms with Crippen molar-refractivity contribution in [1.82, 2.24) is 24.9 Å². The average molecular weight is 299 g/mol. The molecule has 108 valence electrons. The van der Waals surface area contributed by atoms with Gasteiger partial charge in [-0.1, -0.05) is 24.3 Å². The van der Waals surface area contributed by atoms with Crippen LogP contribution in [-0.4, -0.2) is 24.9 Å². The molecule has 1 aromatic carbocycles. The second-order valence-corrected chi connectivity index (χ2v) is 5.14. The van der Waals surface area contributed by atoms with Crippen LogP contribution in [0.5, 0.6) is 0 Å². The number of benzene rings is 1. The molecule has 6 nitrogen and oxygen atoms in total. The van der Waals surface area contributed by atoms with Crippen LogP contribution in [0.3, 0.4) is 0 Å². The SMILES string of the molecule is c1ccc2cc(-c3cnc4c(n3)oc3nccnc34)ncc2c1. The van der Waals surface area contributed by atoms with Crippen molar-refractivity contribution >= 4 is 33.2 Å². The second kappa shape index (κ2) is 4.54. The van der Waals surface area contributed by atoms with Crippen LogP contribution in [0.15, 0.2) is 59.5 Å². The molecule has 6 heteroatoms. The van der Waals surface area contributed by atoms with E-state index in [9.17, 15) is 0 Å². The van der Waals surface area contributed by atoms with Crippen LogP contribution in [0, 0.1) is 0 Å². The minimum absolute atomic E-state index is 0.415. The molecule has 4 heterocycles. The smallest absolute Gasteiger partial charge is 0.250 e. The van der Waals surface area contributed by atoms with Gasteiger partial charge < -0.3 is 4.42 Å². The zero-order valence-corrected chi connectivity index (χ0v) is 11.8. The minimum atomic E-state index is 0.415. The van der Waals surface area contributed by atoms with Gasteiger partial charge in [0.1, 0.15) is 5.69 Å². The Morgan fingerprint density at radius 1 is 0.696 bits per heavy atom. The predicted molar refractivity (Wildman–Crippen MR) is 85.6 cm³/mol. The maximum Gasteiger partial charge on any atom is 0.250 e. The van der Waals surface area contributed by atoms with Gasteiger partial charge in [-0.2, -0.15) is 0 Å². The van der Waals surface area contributed by atoms with Crippen LogP contribution in [0.25, 0.3) is 44.6 Å². The standard InChI is InChI=1S/C17H9N5O/c1-2-4-11-8-20-12(7-10(11)3-1)13-9-21-15-14-16(19-6-5-18-14)23-17(15)22-13/h1-9H. The normalized spacial score (nSPS) is 11.5. The Hall–Kier alpha value is -3.41. The summed E-state index contributed by atoms with van der Waals surface area (Å²) in [6, 6.07) is 10.0. The van der Waals surface area contributed by atoms with E-state index in [1.807, 2.05) is 36.5 Å². The number of pyridine rings is 1. The van der Waals surface area contributed by atoms with E-state index < -0.39 is 0 Å². The lowest BCUT2D eigenvalue weighted by atomic mass is 10.1. The van der Waals surface area contributed by atoms with E-state index in [-0.39, 0.29) is 0 Å². The fourth-order valence-corrected chi connectivity index (χ4v) is 2.61. The van der Waals surface area contributed by atoms with E-state index in [1.165, 1.54) is 0 Å². The molecule has 5 aromatic rings. The van der Waals surface area contributed by atoms with Crippen LogP contribution in [0.2, 0.25) is 0 Å². The minimum Gasteiger partial charge on any atom is -0.416 e. The third kappa shape index (κ3) is 1.85. The lowest BCUT2D eigenvalue weighted by Gasteiger charge is -2.01. The molecule has 5 rings (SSSR count). The van der Waals surface area contributed by atoms with E-state index in [2.05, 4.69) is 24.9 Å². The first-order valence-electron chi connectivity index (χ1n) is 7.10. The van der Waals surface area contributed by atoms with E-state index in [0.717, 1.165) is 16.5 Å². The maximum atomic E-state index is 5.63. The summed E-state index contributed by atoms with van der Waals surface area (Å²) in [5.74, 6) is 0. The summed E-state index contributed by atoms with van der Waals surface area (Å²) in [5, 5.41) is 2.19. The molecule has 4 aromatic heterocycles. The lowest BCUT2D eigenvalue weighted by Crippen LogP contribution is -1.90. The first-order chi connectivity index (χ1) is 11.4. The van der Waals surface area contributed by atoms with Crippen molar-refractivity contribution in [1.29, 1.82) is 0 Å². The van der Waals surface area contributed by atoms with Crippen molar-refractivity contribution in [3.05, 3.63) is 55.1 Å². The Morgan fingerprint density at radius 2 is 1.52 bits per heavy atom. The van der Waals surface area contributed by atoms with Crippen LogP contribution in [0.4, 0.5) is 0 Å². The fourth-order valence-electron chi connectivity index (χ4n) is 2.61. The molecule has 23 heavy (non-hydrogen) atoms. The Labute approximate surface area is 129 Å². The topological polar surface area (TPSA) is 77.6 Å². The molecule has 0 saturated carbocycles. The summed E-state index contributed by atoms with van der Waals surface area (Å²) in [6.07, 6.45) is 6.70. The van der Waals surface area contributed by atoms with Gasteiger partial charge in [0, 0.05) is 24.0 Å². The molecule has 0 radical (unpaired) electrons. The Morgan fingerprint density at radius 3 is 2.48 bits per heavy atom. The van der Waals surface area contributed by atoms with E-state index in [0.29, 0.717) is 28.2 Å². The highest BCUT2D eigenvalue weighted by atomic mass is 16.3. The summed E-state index contributed by atoms with van der Waals surface area (Å²) in [5.41, 5.74) is 3.48. The summed E-state index contributed by atoms with van der Waals surface area (Å²) in [7, 11) is 0. The summed E-state index contributed by atoms with van der Waals surface area (Å²) >= 11 is 0. The number of aromatic nitrogens is 5. The third-order valence-corrected chi connectivity index (χ3v) is 3.72. The zero-order valence-electron chi connectivity index (χ0n) is 11.8. The fraction of sp³-hybridized carbons (Fsp3) is 0. The quantitative estimate of drug-likeness (QED) is 0.472. The van der Waals surface area contributed by atoms with E-state index >= 15 is 0 Å². The molecule has 0 aliphatic heterocycles. The maximum absolute atomic E-state index is 5.63. The van der Waals surface area contributed by atoms with Gasteiger partial charge in [-0.25, -0.2) is 19.9 Å². The van der Waals surface area contributed by atoms with Crippen molar-refractivity contribution in [2.45, 2.75) is 0 Å². The van der Waals surface area contributed by atoms with Gasteiger partial charge in [-0.3, -0.25) is 4.98 Å². The summed E-state index contributed by atoms with van der Waals surface area (Å²) < 4.78 is 5.63. The second-order valence-electron chi connectivity index (χ2n) is 5.14. The van der Waals surface area contributed by atoms with E-state index in [1.54, 1.807) is 18.6 Å². The molecule has 0 aliphatic rings. The van der Waals surface area contributed by atoms with Gasteiger partial charge in [-0.05, 0) is 11.5 Å². The van der Waals surface area contributed by atoms with Crippen molar-refractivity contribution in [3.63, 3.8) is 0 Å². The average Bonchev–Trinajstić information content (AvgIpc) is 2.99. The third-order valence-electron chi connectivity index (χ3n) is 3.72. The lowest BCUT2D eigenvalue weighted by molar-refractivity contribution is 0.638. The molecular weight excluding hydrogens is 290 g/mol. The molecule has 0 spiro atoms.